The molecular formula is C24H20N2O3S. The van der Waals surface area contributed by atoms with Gasteiger partial charge < -0.3 is 10.1 Å². The highest BCUT2D eigenvalue weighted by Crippen LogP contribution is 2.39. The lowest BCUT2D eigenvalue weighted by molar-refractivity contribution is 0.102. The molecule has 2 aromatic heterocycles. The number of anilines is 1. The Hall–Kier alpha value is -3.51. The molecule has 0 atom stereocenters. The van der Waals surface area contributed by atoms with E-state index in [9.17, 15) is 9.59 Å². The number of rotatable bonds is 5. The Morgan fingerprint density at radius 3 is 2.43 bits per heavy atom. The quantitative estimate of drug-likeness (QED) is 0.442. The fourth-order valence-corrected chi connectivity index (χ4v) is 4.67. The molecular weight excluding hydrogens is 396 g/mol. The van der Waals surface area contributed by atoms with Gasteiger partial charge in [-0.3, -0.25) is 9.59 Å². The molecule has 0 saturated carbocycles. The Labute approximate surface area is 178 Å². The molecule has 4 aromatic rings. The SMILES string of the molecule is COc1ccccc1C(=O)Nc1c(C(=O)c2ccccc2)sc2nc(C)cc(C)c12. The summed E-state index contributed by atoms with van der Waals surface area (Å²) in [6, 6.07) is 18.0. The second-order valence-corrected chi connectivity index (χ2v) is 7.92. The van der Waals surface area contributed by atoms with Crippen LogP contribution in [0, 0.1) is 13.8 Å². The van der Waals surface area contributed by atoms with Crippen molar-refractivity contribution in [1.29, 1.82) is 0 Å². The van der Waals surface area contributed by atoms with E-state index >= 15 is 0 Å². The predicted octanol–water partition coefficient (Wildman–Crippen LogP) is 5.41. The van der Waals surface area contributed by atoms with Crippen molar-refractivity contribution in [3.63, 3.8) is 0 Å². The molecule has 0 aliphatic carbocycles. The van der Waals surface area contributed by atoms with Crippen LogP contribution in [0.2, 0.25) is 0 Å². The molecule has 30 heavy (non-hydrogen) atoms. The smallest absolute Gasteiger partial charge is 0.259 e. The van der Waals surface area contributed by atoms with Gasteiger partial charge in [0.2, 0.25) is 5.78 Å². The number of nitrogens with one attached hydrogen (secondary N) is 1. The lowest BCUT2D eigenvalue weighted by Gasteiger charge is -2.11. The molecule has 6 heteroatoms. The van der Waals surface area contributed by atoms with Crippen molar-refractivity contribution in [2.45, 2.75) is 13.8 Å². The predicted molar refractivity (Wildman–Crippen MR) is 120 cm³/mol. The first-order valence-electron chi connectivity index (χ1n) is 9.44. The Morgan fingerprint density at radius 1 is 1.00 bits per heavy atom. The van der Waals surface area contributed by atoms with Crippen LogP contribution in [0.5, 0.6) is 5.75 Å². The van der Waals surface area contributed by atoms with Crippen molar-refractivity contribution in [1.82, 2.24) is 4.98 Å². The Balaban J connectivity index is 1.87. The molecule has 4 rings (SSSR count). The zero-order valence-corrected chi connectivity index (χ0v) is 17.7. The van der Waals surface area contributed by atoms with Crippen molar-refractivity contribution >= 4 is 38.9 Å². The van der Waals surface area contributed by atoms with Crippen molar-refractivity contribution in [3.8, 4) is 5.75 Å². The molecule has 0 radical (unpaired) electrons. The highest BCUT2D eigenvalue weighted by Gasteiger charge is 2.24. The van der Waals surface area contributed by atoms with E-state index < -0.39 is 0 Å². The van der Waals surface area contributed by atoms with Crippen molar-refractivity contribution in [3.05, 3.63) is 87.9 Å². The van der Waals surface area contributed by atoms with Crippen LogP contribution in [-0.4, -0.2) is 23.8 Å². The number of amides is 1. The van der Waals surface area contributed by atoms with E-state index in [1.807, 2.05) is 38.1 Å². The molecule has 1 N–H and O–H groups in total. The molecule has 0 fully saturated rings. The number of carbonyl (C=O) groups excluding carboxylic acids is 2. The maximum atomic E-state index is 13.3. The van der Waals surface area contributed by atoms with Crippen molar-refractivity contribution < 1.29 is 14.3 Å². The zero-order valence-electron chi connectivity index (χ0n) is 16.9. The third-order valence-corrected chi connectivity index (χ3v) is 5.90. The third kappa shape index (κ3) is 3.57. The highest BCUT2D eigenvalue weighted by atomic mass is 32.1. The number of hydrogen-bond donors (Lipinski definition) is 1. The topological polar surface area (TPSA) is 68.3 Å². The van der Waals surface area contributed by atoms with Gasteiger partial charge in [0.1, 0.15) is 15.5 Å². The number of aromatic nitrogens is 1. The molecule has 0 bridgehead atoms. The van der Waals surface area contributed by atoms with Crippen LogP contribution in [0.1, 0.15) is 36.9 Å². The van der Waals surface area contributed by atoms with Crippen LogP contribution in [-0.2, 0) is 0 Å². The second-order valence-electron chi connectivity index (χ2n) is 6.92. The van der Waals surface area contributed by atoms with Crippen molar-refractivity contribution in [2.24, 2.45) is 0 Å². The summed E-state index contributed by atoms with van der Waals surface area (Å²) < 4.78 is 5.32. The molecule has 0 aliphatic rings. The molecule has 0 unspecified atom stereocenters. The Bertz CT molecular complexity index is 1260. The number of nitrogens with zero attached hydrogens (tertiary/aromatic N) is 1. The normalized spacial score (nSPS) is 10.8. The van der Waals surface area contributed by atoms with Crippen LogP contribution >= 0.6 is 11.3 Å². The molecule has 5 nitrogen and oxygen atoms in total. The average Bonchev–Trinajstić information content (AvgIpc) is 3.11. The number of thiophene rings is 1. The maximum Gasteiger partial charge on any atom is 0.259 e. The van der Waals surface area contributed by atoms with E-state index in [-0.39, 0.29) is 11.7 Å². The van der Waals surface area contributed by atoms with E-state index in [4.69, 9.17) is 4.74 Å². The number of fused-ring (bicyclic) bond motifs is 1. The summed E-state index contributed by atoms with van der Waals surface area (Å²) in [7, 11) is 1.52. The maximum absolute atomic E-state index is 13.3. The number of pyridine rings is 1. The van der Waals surface area contributed by atoms with Crippen LogP contribution in [0.25, 0.3) is 10.2 Å². The first kappa shape index (κ1) is 19.8. The van der Waals surface area contributed by atoms with Crippen LogP contribution < -0.4 is 10.1 Å². The fraction of sp³-hybridized carbons (Fsp3) is 0.125. The third-order valence-electron chi connectivity index (χ3n) is 4.82. The molecule has 2 heterocycles. The first-order chi connectivity index (χ1) is 14.5. The van der Waals surface area contributed by atoms with Gasteiger partial charge in [0.25, 0.3) is 5.91 Å². The minimum atomic E-state index is -0.339. The van der Waals surface area contributed by atoms with E-state index in [2.05, 4.69) is 10.3 Å². The minimum Gasteiger partial charge on any atom is -0.496 e. The van der Waals surface area contributed by atoms with Gasteiger partial charge in [-0.05, 0) is 37.6 Å². The number of ketones is 1. The molecule has 150 valence electrons. The van der Waals surface area contributed by atoms with E-state index in [1.54, 1.807) is 36.4 Å². The summed E-state index contributed by atoms with van der Waals surface area (Å²) in [5.41, 5.74) is 3.27. The van der Waals surface area contributed by atoms with Gasteiger partial charge in [-0.2, -0.15) is 0 Å². The molecule has 0 spiro atoms. The summed E-state index contributed by atoms with van der Waals surface area (Å²) in [6.45, 7) is 3.87. The van der Waals surface area contributed by atoms with Gasteiger partial charge in [0.05, 0.1) is 18.4 Å². The lowest BCUT2D eigenvalue weighted by atomic mass is 10.1. The number of para-hydroxylation sites is 1. The monoisotopic (exact) mass is 416 g/mol. The number of hydrogen-bond acceptors (Lipinski definition) is 5. The van der Waals surface area contributed by atoms with Crippen LogP contribution in [0.4, 0.5) is 5.69 Å². The van der Waals surface area contributed by atoms with E-state index in [0.717, 1.165) is 21.5 Å². The van der Waals surface area contributed by atoms with Gasteiger partial charge in [-0.1, -0.05) is 42.5 Å². The van der Waals surface area contributed by atoms with E-state index in [0.29, 0.717) is 27.4 Å². The van der Waals surface area contributed by atoms with E-state index in [1.165, 1.54) is 18.4 Å². The lowest BCUT2D eigenvalue weighted by Crippen LogP contribution is -2.15. The zero-order chi connectivity index (χ0) is 21.3. The second kappa shape index (κ2) is 8.08. The summed E-state index contributed by atoms with van der Waals surface area (Å²) in [4.78, 5) is 32.2. The van der Waals surface area contributed by atoms with Gasteiger partial charge in [0.15, 0.2) is 0 Å². The average molecular weight is 417 g/mol. The van der Waals surface area contributed by atoms with Crippen LogP contribution in [0.3, 0.4) is 0 Å². The number of aryl methyl sites for hydroxylation is 2. The van der Waals surface area contributed by atoms with Crippen LogP contribution in [0.15, 0.2) is 60.7 Å². The van der Waals surface area contributed by atoms with Gasteiger partial charge in [-0.15, -0.1) is 11.3 Å². The standard InChI is InChI=1S/C24H20N2O3S/c1-14-13-15(2)25-24-19(14)20(22(30-24)21(27)16-9-5-4-6-10-16)26-23(28)17-11-7-8-12-18(17)29-3/h4-13H,1-3H3,(H,26,28). The molecule has 0 aliphatic heterocycles. The molecule has 1 amide bonds. The molecule has 0 saturated heterocycles. The highest BCUT2D eigenvalue weighted by molar-refractivity contribution is 7.21. The van der Waals surface area contributed by atoms with Crippen molar-refractivity contribution in [2.75, 3.05) is 12.4 Å². The summed E-state index contributed by atoms with van der Waals surface area (Å²) in [5, 5.41) is 3.75. The van der Waals surface area contributed by atoms with Gasteiger partial charge >= 0.3 is 0 Å². The number of benzene rings is 2. The Kier molecular flexibility index (Phi) is 5.33. The summed E-state index contributed by atoms with van der Waals surface area (Å²) in [5.74, 6) is -0.0172. The number of carbonyl (C=O) groups is 2. The summed E-state index contributed by atoms with van der Waals surface area (Å²) >= 11 is 1.30. The number of ether oxygens (including phenoxy) is 1. The number of methoxy groups -OCH3 is 1. The Morgan fingerprint density at radius 2 is 1.70 bits per heavy atom. The largest absolute Gasteiger partial charge is 0.496 e. The fourth-order valence-electron chi connectivity index (χ4n) is 3.45. The minimum absolute atomic E-state index is 0.147. The van der Waals surface area contributed by atoms with Gasteiger partial charge in [-0.25, -0.2) is 4.98 Å². The summed E-state index contributed by atoms with van der Waals surface area (Å²) in [6.07, 6.45) is 0. The molecule has 2 aromatic carbocycles. The first-order valence-corrected chi connectivity index (χ1v) is 10.3. The van der Waals surface area contributed by atoms with Gasteiger partial charge in [0, 0.05) is 16.6 Å².